The van der Waals surface area contributed by atoms with Crippen LogP contribution in [0.15, 0.2) is 12.3 Å². The molecule has 5 aliphatic rings. The normalized spacial score (nSPS) is 29.3. The lowest BCUT2D eigenvalue weighted by Gasteiger charge is -2.55. The highest BCUT2D eigenvalue weighted by Gasteiger charge is 2.62. The van der Waals surface area contributed by atoms with Gasteiger partial charge in [0.05, 0.1) is 6.04 Å². The molecule has 7 atom stereocenters. The van der Waals surface area contributed by atoms with Crippen molar-refractivity contribution in [3.8, 4) is 0 Å². The van der Waals surface area contributed by atoms with Crippen LogP contribution in [0.3, 0.4) is 0 Å². The number of piperidine rings is 1. The van der Waals surface area contributed by atoms with E-state index in [0.717, 1.165) is 64.2 Å². The number of carbonyl (C=O) groups is 6. The molecule has 0 spiro atoms. The molecular weight excluding hydrogens is 614 g/mol. The number of aromatic amines is 1. The van der Waals surface area contributed by atoms with Crippen LogP contribution >= 0.6 is 0 Å². The van der Waals surface area contributed by atoms with Crippen LogP contribution < -0.4 is 21.3 Å². The van der Waals surface area contributed by atoms with Crippen molar-refractivity contribution in [1.29, 1.82) is 0 Å². The van der Waals surface area contributed by atoms with Crippen LogP contribution in [-0.4, -0.2) is 86.7 Å². The minimum Gasteiger partial charge on any atom is -0.347 e. The zero-order valence-corrected chi connectivity index (χ0v) is 28.4. The number of nitrogens with one attached hydrogen (secondary N) is 5. The number of H-pyrrole nitrogens is 1. The largest absolute Gasteiger partial charge is 0.347 e. The summed E-state index contributed by atoms with van der Waals surface area (Å²) in [6.07, 6.45) is 11.8. The first-order chi connectivity index (χ1) is 23.0. The summed E-state index contributed by atoms with van der Waals surface area (Å²) >= 11 is 0. The van der Waals surface area contributed by atoms with E-state index in [1.54, 1.807) is 11.0 Å². The van der Waals surface area contributed by atoms with Gasteiger partial charge < -0.3 is 26.2 Å². The van der Waals surface area contributed by atoms with Crippen molar-refractivity contribution in [2.24, 2.45) is 23.2 Å². The summed E-state index contributed by atoms with van der Waals surface area (Å²) in [5.74, 6) is -2.82. The summed E-state index contributed by atoms with van der Waals surface area (Å²) in [7, 11) is 0. The molecule has 13 heteroatoms. The zero-order chi connectivity index (χ0) is 34.2. The van der Waals surface area contributed by atoms with Crippen molar-refractivity contribution in [2.75, 3.05) is 0 Å². The van der Waals surface area contributed by atoms with Crippen LogP contribution in [0.5, 0.6) is 0 Å². The molecule has 0 bridgehead atoms. The number of carbonyl (C=O) groups excluding carboxylic acids is 6. The van der Waals surface area contributed by atoms with Crippen molar-refractivity contribution in [3.05, 3.63) is 18.0 Å². The van der Waals surface area contributed by atoms with E-state index in [1.807, 2.05) is 20.8 Å². The minimum absolute atomic E-state index is 0.0206. The van der Waals surface area contributed by atoms with E-state index in [-0.39, 0.29) is 41.4 Å². The third-order valence-corrected chi connectivity index (χ3v) is 11.7. The number of amides is 5. The summed E-state index contributed by atoms with van der Waals surface area (Å²) in [4.78, 5) is 83.3. The SMILES string of the molecule is CCC[C@H](NC(=O)[C@@H]1C[C@@H]2CCCC3[C@@H]2N1C(=O)[C@@H](NC(=O)[C@@H](NC(=O)c1ccn[nH]1)C1CCCCC1)C3(C)C)C(=O)C(=O)NC1CC1. The first kappa shape index (κ1) is 34.1. The standard InChI is InChI=1S/C35H51N7O6/c1-4-9-23(28(43)33(47)37-21-14-15-21)38-31(45)25-18-20-12-8-13-22-27(20)42(25)34(48)29(35(22,2)3)40-32(46)26(19-10-6-5-7-11-19)39-30(44)24-16-17-36-41-24/h16-17,19-23,25-27,29H,4-15,18H2,1-3H3,(H,36,41)(H,37,47)(H,38,45)(H,39,44)(H,40,46)/t20-,22?,23-,25-,26-,27+,29+/m0/s1. The van der Waals surface area contributed by atoms with Gasteiger partial charge in [-0.1, -0.05) is 52.9 Å². The number of nitrogens with zero attached hydrogens (tertiary/aromatic N) is 2. The third kappa shape index (κ3) is 6.74. The average Bonchev–Trinajstić information content (AvgIpc) is 3.54. The van der Waals surface area contributed by atoms with Crippen molar-refractivity contribution < 1.29 is 28.8 Å². The predicted octanol–water partition coefficient (Wildman–Crippen LogP) is 2.13. The Morgan fingerprint density at radius 2 is 1.73 bits per heavy atom. The molecule has 3 saturated carbocycles. The highest BCUT2D eigenvalue weighted by Crippen LogP contribution is 2.54. The Balaban J connectivity index is 1.23. The maximum Gasteiger partial charge on any atom is 0.289 e. The molecule has 2 saturated heterocycles. The summed E-state index contributed by atoms with van der Waals surface area (Å²) in [5, 5.41) is 18.1. The Morgan fingerprint density at radius 3 is 2.40 bits per heavy atom. The van der Waals surface area contributed by atoms with E-state index in [9.17, 15) is 28.8 Å². The van der Waals surface area contributed by atoms with Gasteiger partial charge in [0, 0.05) is 18.3 Å². The fraction of sp³-hybridized carbons (Fsp3) is 0.743. The van der Waals surface area contributed by atoms with Crippen LogP contribution in [0.2, 0.25) is 0 Å². The lowest BCUT2D eigenvalue weighted by molar-refractivity contribution is -0.160. The van der Waals surface area contributed by atoms with Gasteiger partial charge in [0.15, 0.2) is 0 Å². The highest BCUT2D eigenvalue weighted by atomic mass is 16.2. The van der Waals surface area contributed by atoms with Gasteiger partial charge in [-0.15, -0.1) is 0 Å². The first-order valence-electron chi connectivity index (χ1n) is 18.1. The molecule has 1 unspecified atom stereocenters. The Bertz CT molecular complexity index is 1400. The molecule has 48 heavy (non-hydrogen) atoms. The molecule has 5 fully saturated rings. The lowest BCUT2D eigenvalue weighted by Crippen LogP contribution is -2.70. The van der Waals surface area contributed by atoms with E-state index in [4.69, 9.17) is 0 Å². The second kappa shape index (κ2) is 14.0. The van der Waals surface area contributed by atoms with E-state index >= 15 is 0 Å². The quantitative estimate of drug-likeness (QED) is 0.212. The summed E-state index contributed by atoms with van der Waals surface area (Å²) in [6, 6.07) is -2.11. The molecule has 5 N–H and O–H groups in total. The highest BCUT2D eigenvalue weighted by molar-refractivity contribution is 6.38. The van der Waals surface area contributed by atoms with Crippen molar-refractivity contribution in [3.63, 3.8) is 0 Å². The molecule has 0 aromatic carbocycles. The molecule has 5 amide bonds. The Kier molecular flexibility index (Phi) is 9.94. The summed E-state index contributed by atoms with van der Waals surface area (Å²) < 4.78 is 0. The zero-order valence-electron chi connectivity index (χ0n) is 28.4. The van der Waals surface area contributed by atoms with Gasteiger partial charge in [0.25, 0.3) is 11.8 Å². The summed E-state index contributed by atoms with van der Waals surface area (Å²) in [5.41, 5.74) is -0.353. The topological polar surface area (TPSA) is 182 Å². The Labute approximate surface area is 281 Å². The van der Waals surface area contributed by atoms with E-state index in [2.05, 4.69) is 31.5 Å². The molecule has 3 heterocycles. The van der Waals surface area contributed by atoms with Crippen molar-refractivity contribution >= 4 is 35.3 Å². The Morgan fingerprint density at radius 1 is 0.979 bits per heavy atom. The molecule has 0 radical (unpaired) electrons. The van der Waals surface area contributed by atoms with Crippen LogP contribution in [0.4, 0.5) is 0 Å². The number of aromatic nitrogens is 2. The monoisotopic (exact) mass is 665 g/mol. The van der Waals surface area contributed by atoms with Gasteiger partial charge in [0.2, 0.25) is 23.5 Å². The summed E-state index contributed by atoms with van der Waals surface area (Å²) in [6.45, 7) is 5.95. The molecule has 3 aliphatic carbocycles. The lowest BCUT2D eigenvalue weighted by atomic mass is 9.60. The minimum atomic E-state index is -0.971. The molecule has 262 valence electrons. The number of hydrogen-bond acceptors (Lipinski definition) is 7. The van der Waals surface area contributed by atoms with Gasteiger partial charge in [-0.2, -0.15) is 5.10 Å². The van der Waals surface area contributed by atoms with Gasteiger partial charge in [-0.25, -0.2) is 0 Å². The molecule has 13 nitrogen and oxygen atoms in total. The van der Waals surface area contributed by atoms with Crippen LogP contribution in [0.25, 0.3) is 0 Å². The van der Waals surface area contributed by atoms with Gasteiger partial charge >= 0.3 is 0 Å². The predicted molar refractivity (Wildman–Crippen MR) is 175 cm³/mol. The van der Waals surface area contributed by atoms with E-state index < -0.39 is 59.0 Å². The van der Waals surface area contributed by atoms with Gasteiger partial charge in [0.1, 0.15) is 23.8 Å². The molecule has 6 rings (SSSR count). The number of rotatable bonds is 12. The maximum atomic E-state index is 14.6. The maximum absolute atomic E-state index is 14.6. The van der Waals surface area contributed by atoms with Crippen LogP contribution in [0, 0.1) is 23.2 Å². The smallest absolute Gasteiger partial charge is 0.289 e. The Hall–Kier alpha value is -3.77. The molecule has 1 aromatic heterocycles. The first-order valence-corrected chi connectivity index (χ1v) is 18.1. The van der Waals surface area contributed by atoms with E-state index in [1.165, 1.54) is 6.20 Å². The average molecular weight is 666 g/mol. The van der Waals surface area contributed by atoms with Crippen LogP contribution in [0.1, 0.15) is 115 Å². The number of Topliss-reactive ketones (excluding diaryl/α,β-unsaturated/α-hetero) is 1. The van der Waals surface area contributed by atoms with Crippen molar-refractivity contribution in [2.45, 2.75) is 140 Å². The van der Waals surface area contributed by atoms with Gasteiger partial charge in [-0.05, 0) is 80.6 Å². The second-order valence-electron chi connectivity index (χ2n) is 15.3. The van der Waals surface area contributed by atoms with E-state index in [0.29, 0.717) is 19.3 Å². The number of ketones is 1. The number of hydrogen-bond donors (Lipinski definition) is 5. The molecular formula is C35H51N7O6. The fourth-order valence-electron chi connectivity index (χ4n) is 9.00. The van der Waals surface area contributed by atoms with Crippen LogP contribution in [-0.2, 0) is 24.0 Å². The fourth-order valence-corrected chi connectivity index (χ4v) is 9.00. The van der Waals surface area contributed by atoms with Gasteiger partial charge in [-0.3, -0.25) is 33.9 Å². The molecule has 1 aromatic rings. The van der Waals surface area contributed by atoms with Crippen molar-refractivity contribution in [1.82, 2.24) is 36.4 Å². The third-order valence-electron chi connectivity index (χ3n) is 11.7. The molecule has 2 aliphatic heterocycles. The second-order valence-corrected chi connectivity index (χ2v) is 15.3.